The summed E-state index contributed by atoms with van der Waals surface area (Å²) in [5.41, 5.74) is 0.877. The number of hydrogen-bond donors (Lipinski definition) is 1. The molecule has 1 aliphatic heterocycles. The van der Waals surface area contributed by atoms with Crippen LogP contribution >= 0.6 is 0 Å². The standard InChI is InChI=1S/C15H25N3O/c1-4-12(2)17-7-9-18(10-8-17)15-6-5-14(11-16-15)13(3)19/h5-6,11-13,19H,4,7-10H2,1-3H3/t12?,13-/m0/s1. The van der Waals surface area contributed by atoms with Crippen molar-refractivity contribution in [2.75, 3.05) is 31.1 Å². The highest BCUT2D eigenvalue weighted by Crippen LogP contribution is 2.18. The van der Waals surface area contributed by atoms with Gasteiger partial charge in [-0.05, 0) is 31.9 Å². The van der Waals surface area contributed by atoms with Gasteiger partial charge in [-0.25, -0.2) is 4.98 Å². The minimum absolute atomic E-state index is 0.441. The van der Waals surface area contributed by atoms with E-state index in [-0.39, 0.29) is 0 Å². The van der Waals surface area contributed by atoms with Gasteiger partial charge in [-0.15, -0.1) is 0 Å². The molecule has 0 bridgehead atoms. The van der Waals surface area contributed by atoms with Gasteiger partial charge in [0.1, 0.15) is 5.82 Å². The molecule has 4 heteroatoms. The van der Waals surface area contributed by atoms with E-state index in [1.54, 1.807) is 13.1 Å². The first kappa shape index (κ1) is 14.3. The molecular formula is C15H25N3O. The molecule has 2 atom stereocenters. The molecule has 19 heavy (non-hydrogen) atoms. The third-order valence-electron chi connectivity index (χ3n) is 4.11. The van der Waals surface area contributed by atoms with Crippen LogP contribution in [-0.2, 0) is 0 Å². The zero-order valence-electron chi connectivity index (χ0n) is 12.2. The van der Waals surface area contributed by atoms with E-state index >= 15 is 0 Å². The monoisotopic (exact) mass is 263 g/mol. The van der Waals surface area contributed by atoms with Crippen LogP contribution in [0, 0.1) is 0 Å². The largest absolute Gasteiger partial charge is 0.389 e. The second kappa shape index (κ2) is 6.35. The number of pyridine rings is 1. The summed E-state index contributed by atoms with van der Waals surface area (Å²) in [4.78, 5) is 9.33. The fourth-order valence-electron chi connectivity index (χ4n) is 2.48. The lowest BCUT2D eigenvalue weighted by molar-refractivity contribution is 0.192. The highest BCUT2D eigenvalue weighted by molar-refractivity contribution is 5.40. The van der Waals surface area contributed by atoms with Crippen molar-refractivity contribution in [2.24, 2.45) is 0 Å². The van der Waals surface area contributed by atoms with Crippen molar-refractivity contribution in [1.82, 2.24) is 9.88 Å². The molecule has 2 heterocycles. The summed E-state index contributed by atoms with van der Waals surface area (Å²) in [6.07, 6.45) is 2.55. The average molecular weight is 263 g/mol. The highest BCUT2D eigenvalue weighted by Gasteiger charge is 2.20. The van der Waals surface area contributed by atoms with Crippen LogP contribution in [0.5, 0.6) is 0 Å². The Hall–Kier alpha value is -1.13. The van der Waals surface area contributed by atoms with Crippen molar-refractivity contribution in [1.29, 1.82) is 0 Å². The molecule has 2 rings (SSSR count). The Kier molecular flexibility index (Phi) is 4.77. The van der Waals surface area contributed by atoms with E-state index in [4.69, 9.17) is 0 Å². The van der Waals surface area contributed by atoms with Gasteiger partial charge in [0.25, 0.3) is 0 Å². The maximum absolute atomic E-state index is 9.49. The van der Waals surface area contributed by atoms with Gasteiger partial charge in [0.15, 0.2) is 0 Å². The molecule has 0 aromatic carbocycles. The Morgan fingerprint density at radius 1 is 1.21 bits per heavy atom. The lowest BCUT2D eigenvalue weighted by atomic mass is 10.1. The maximum Gasteiger partial charge on any atom is 0.128 e. The molecule has 1 fully saturated rings. The Labute approximate surface area is 116 Å². The maximum atomic E-state index is 9.49. The Balaban J connectivity index is 1.94. The van der Waals surface area contributed by atoms with Gasteiger partial charge in [0, 0.05) is 38.4 Å². The number of aliphatic hydroxyl groups is 1. The van der Waals surface area contributed by atoms with Crippen molar-refractivity contribution < 1.29 is 5.11 Å². The molecule has 0 radical (unpaired) electrons. The van der Waals surface area contributed by atoms with Crippen LogP contribution in [0.4, 0.5) is 5.82 Å². The zero-order chi connectivity index (χ0) is 13.8. The molecule has 1 saturated heterocycles. The molecule has 1 unspecified atom stereocenters. The minimum atomic E-state index is -0.441. The number of aliphatic hydroxyl groups excluding tert-OH is 1. The summed E-state index contributed by atoms with van der Waals surface area (Å²) >= 11 is 0. The summed E-state index contributed by atoms with van der Waals surface area (Å²) < 4.78 is 0. The molecule has 4 nitrogen and oxygen atoms in total. The van der Waals surface area contributed by atoms with Crippen LogP contribution in [0.3, 0.4) is 0 Å². The Morgan fingerprint density at radius 3 is 2.37 bits per heavy atom. The summed E-state index contributed by atoms with van der Waals surface area (Å²) in [6, 6.07) is 4.65. The van der Waals surface area contributed by atoms with Crippen molar-refractivity contribution in [3.63, 3.8) is 0 Å². The second-order valence-corrected chi connectivity index (χ2v) is 5.41. The van der Waals surface area contributed by atoms with E-state index < -0.39 is 6.10 Å². The second-order valence-electron chi connectivity index (χ2n) is 5.41. The zero-order valence-corrected chi connectivity index (χ0v) is 12.2. The Morgan fingerprint density at radius 2 is 1.89 bits per heavy atom. The van der Waals surface area contributed by atoms with Crippen LogP contribution in [0.15, 0.2) is 18.3 Å². The predicted octanol–water partition coefficient (Wildman–Crippen LogP) is 2.06. The van der Waals surface area contributed by atoms with E-state index in [9.17, 15) is 5.11 Å². The first-order valence-corrected chi connectivity index (χ1v) is 7.24. The van der Waals surface area contributed by atoms with E-state index in [0.29, 0.717) is 6.04 Å². The van der Waals surface area contributed by atoms with E-state index in [2.05, 4.69) is 28.6 Å². The average Bonchev–Trinajstić information content (AvgIpc) is 2.46. The van der Waals surface area contributed by atoms with Gasteiger partial charge >= 0.3 is 0 Å². The molecule has 106 valence electrons. The van der Waals surface area contributed by atoms with Crippen molar-refractivity contribution in [3.05, 3.63) is 23.9 Å². The van der Waals surface area contributed by atoms with Crippen molar-refractivity contribution >= 4 is 5.82 Å². The molecule has 0 saturated carbocycles. The molecule has 0 spiro atoms. The van der Waals surface area contributed by atoms with Crippen LogP contribution in [0.1, 0.15) is 38.9 Å². The fourth-order valence-corrected chi connectivity index (χ4v) is 2.48. The fraction of sp³-hybridized carbons (Fsp3) is 0.667. The summed E-state index contributed by atoms with van der Waals surface area (Å²) in [5.74, 6) is 1.02. The van der Waals surface area contributed by atoms with Crippen LogP contribution in [-0.4, -0.2) is 47.2 Å². The Bertz CT molecular complexity index is 383. The first-order chi connectivity index (χ1) is 9.11. The SMILES string of the molecule is CCC(C)N1CCN(c2ccc([C@H](C)O)cn2)CC1. The topological polar surface area (TPSA) is 39.6 Å². The molecule has 0 amide bonds. The third-order valence-corrected chi connectivity index (χ3v) is 4.11. The van der Waals surface area contributed by atoms with Crippen LogP contribution in [0.2, 0.25) is 0 Å². The molecule has 1 aliphatic rings. The number of anilines is 1. The van der Waals surface area contributed by atoms with Crippen molar-refractivity contribution in [3.8, 4) is 0 Å². The van der Waals surface area contributed by atoms with Gasteiger partial charge in [-0.3, -0.25) is 4.90 Å². The van der Waals surface area contributed by atoms with E-state index in [1.807, 2.05) is 12.1 Å². The summed E-state index contributed by atoms with van der Waals surface area (Å²) in [6.45, 7) is 10.6. The quantitative estimate of drug-likeness (QED) is 0.902. The molecule has 1 aromatic heterocycles. The number of piperazine rings is 1. The lowest BCUT2D eigenvalue weighted by Gasteiger charge is -2.38. The smallest absolute Gasteiger partial charge is 0.128 e. The van der Waals surface area contributed by atoms with Gasteiger partial charge in [-0.1, -0.05) is 13.0 Å². The van der Waals surface area contributed by atoms with E-state index in [0.717, 1.165) is 37.6 Å². The third kappa shape index (κ3) is 3.45. The van der Waals surface area contributed by atoms with Gasteiger partial charge in [0.05, 0.1) is 6.10 Å². The summed E-state index contributed by atoms with van der Waals surface area (Å²) in [5, 5.41) is 9.49. The van der Waals surface area contributed by atoms with Gasteiger partial charge in [-0.2, -0.15) is 0 Å². The predicted molar refractivity (Wildman–Crippen MR) is 78.4 cm³/mol. The molecule has 1 aromatic rings. The number of aromatic nitrogens is 1. The normalized spacial score (nSPS) is 20.3. The summed E-state index contributed by atoms with van der Waals surface area (Å²) in [7, 11) is 0. The van der Waals surface area contributed by atoms with Crippen LogP contribution in [0.25, 0.3) is 0 Å². The van der Waals surface area contributed by atoms with Crippen LogP contribution < -0.4 is 4.90 Å². The first-order valence-electron chi connectivity index (χ1n) is 7.24. The molecule has 1 N–H and O–H groups in total. The van der Waals surface area contributed by atoms with Gasteiger partial charge in [0.2, 0.25) is 0 Å². The number of hydrogen-bond acceptors (Lipinski definition) is 4. The number of rotatable bonds is 4. The van der Waals surface area contributed by atoms with E-state index in [1.165, 1.54) is 6.42 Å². The minimum Gasteiger partial charge on any atom is -0.389 e. The number of nitrogens with zero attached hydrogens (tertiary/aromatic N) is 3. The van der Waals surface area contributed by atoms with Gasteiger partial charge < -0.3 is 10.0 Å². The highest BCUT2D eigenvalue weighted by atomic mass is 16.3. The van der Waals surface area contributed by atoms with Crippen molar-refractivity contribution in [2.45, 2.75) is 39.3 Å². The molecule has 0 aliphatic carbocycles. The lowest BCUT2D eigenvalue weighted by Crippen LogP contribution is -2.49. The molecular weight excluding hydrogens is 238 g/mol.